The molecule has 0 radical (unpaired) electrons. The van der Waals surface area contributed by atoms with Crippen LogP contribution in [0.25, 0.3) is 0 Å². The number of ether oxygens (including phenoxy) is 1. The molecule has 1 unspecified atom stereocenters. The van der Waals surface area contributed by atoms with E-state index in [0.29, 0.717) is 11.3 Å². The molecule has 3 rings (SSSR count). The van der Waals surface area contributed by atoms with Gasteiger partial charge in [-0.05, 0) is 62.0 Å². The minimum absolute atomic E-state index is 0.344. The van der Waals surface area contributed by atoms with Crippen molar-refractivity contribution >= 4 is 0 Å². The van der Waals surface area contributed by atoms with Crippen molar-refractivity contribution in [2.45, 2.75) is 51.9 Å². The van der Waals surface area contributed by atoms with Crippen molar-refractivity contribution in [3.05, 3.63) is 29.8 Å². The molecular weight excluding hydrogens is 258 g/mol. The summed E-state index contributed by atoms with van der Waals surface area (Å²) in [4.78, 5) is 0. The average Bonchev–Trinajstić information content (AvgIpc) is 2.91. The van der Waals surface area contributed by atoms with Gasteiger partial charge in [0.1, 0.15) is 5.75 Å². The van der Waals surface area contributed by atoms with Crippen LogP contribution >= 0.6 is 0 Å². The number of rotatable bonds is 4. The van der Waals surface area contributed by atoms with Crippen LogP contribution in [0.2, 0.25) is 0 Å². The van der Waals surface area contributed by atoms with Crippen LogP contribution in [-0.4, -0.2) is 13.2 Å². The second-order valence-electron chi connectivity index (χ2n) is 7.54. The van der Waals surface area contributed by atoms with E-state index in [1.807, 2.05) is 0 Å². The van der Waals surface area contributed by atoms with Crippen LogP contribution in [0.4, 0.5) is 0 Å². The molecule has 0 saturated heterocycles. The zero-order valence-corrected chi connectivity index (χ0v) is 13.5. The number of hydrogen-bond donors (Lipinski definition) is 1. The van der Waals surface area contributed by atoms with Gasteiger partial charge in [-0.2, -0.15) is 0 Å². The zero-order valence-electron chi connectivity index (χ0n) is 13.5. The molecule has 21 heavy (non-hydrogen) atoms. The normalized spacial score (nSPS) is 32.0. The van der Waals surface area contributed by atoms with Gasteiger partial charge in [0, 0.05) is 11.5 Å². The third kappa shape index (κ3) is 2.96. The molecule has 1 aliphatic heterocycles. The van der Waals surface area contributed by atoms with Crippen molar-refractivity contribution in [3.8, 4) is 5.75 Å². The molecule has 0 bridgehead atoms. The molecule has 2 heteroatoms. The molecule has 0 amide bonds. The molecule has 2 nitrogen and oxygen atoms in total. The van der Waals surface area contributed by atoms with Gasteiger partial charge in [0.05, 0.1) is 6.61 Å². The van der Waals surface area contributed by atoms with Gasteiger partial charge in [-0.25, -0.2) is 0 Å². The molecule has 116 valence electrons. The lowest BCUT2D eigenvalue weighted by atomic mass is 9.64. The number of para-hydroxylation sites is 1. The molecule has 2 aliphatic rings. The molecule has 1 heterocycles. The van der Waals surface area contributed by atoms with Crippen molar-refractivity contribution in [2.24, 2.45) is 23.0 Å². The third-order valence-corrected chi connectivity index (χ3v) is 5.95. The van der Waals surface area contributed by atoms with Gasteiger partial charge in [-0.3, -0.25) is 0 Å². The van der Waals surface area contributed by atoms with E-state index in [1.165, 1.54) is 37.7 Å². The van der Waals surface area contributed by atoms with E-state index >= 15 is 0 Å². The highest BCUT2D eigenvalue weighted by molar-refractivity contribution is 5.39. The molecule has 0 aromatic heterocycles. The van der Waals surface area contributed by atoms with Crippen molar-refractivity contribution in [1.82, 2.24) is 0 Å². The molecular formula is C19H29NO. The van der Waals surface area contributed by atoms with Crippen molar-refractivity contribution in [1.29, 1.82) is 0 Å². The lowest BCUT2D eigenvalue weighted by Gasteiger charge is -2.42. The van der Waals surface area contributed by atoms with E-state index < -0.39 is 0 Å². The number of benzene rings is 1. The van der Waals surface area contributed by atoms with Gasteiger partial charge in [0.2, 0.25) is 0 Å². The van der Waals surface area contributed by atoms with Gasteiger partial charge < -0.3 is 10.5 Å². The summed E-state index contributed by atoms with van der Waals surface area (Å²) in [7, 11) is 0. The minimum atomic E-state index is 0.344. The van der Waals surface area contributed by atoms with Gasteiger partial charge in [0.15, 0.2) is 0 Å². The molecule has 1 atom stereocenters. The van der Waals surface area contributed by atoms with E-state index in [2.05, 4.69) is 38.1 Å². The van der Waals surface area contributed by atoms with Crippen LogP contribution in [0, 0.1) is 17.3 Å². The fraction of sp³-hybridized carbons (Fsp3) is 0.684. The monoisotopic (exact) mass is 287 g/mol. The highest BCUT2D eigenvalue weighted by Crippen LogP contribution is 2.48. The summed E-state index contributed by atoms with van der Waals surface area (Å²) in [6, 6.07) is 8.52. The standard InChI is InChI=1S/C19H29NO/c1-14(2)15-7-9-19(13-20,10-8-15)11-16-12-21-18-6-4-3-5-17(16)18/h3-6,14-16H,7-13,20H2,1-2H3. The first kappa shape index (κ1) is 14.9. The van der Waals surface area contributed by atoms with Crippen molar-refractivity contribution in [2.75, 3.05) is 13.2 Å². The summed E-state index contributed by atoms with van der Waals surface area (Å²) in [6.45, 7) is 6.40. The first-order valence-corrected chi connectivity index (χ1v) is 8.55. The molecule has 1 aromatic carbocycles. The summed E-state index contributed by atoms with van der Waals surface area (Å²) in [5.41, 5.74) is 7.96. The van der Waals surface area contributed by atoms with Crippen LogP contribution in [0.1, 0.15) is 57.4 Å². The lowest BCUT2D eigenvalue weighted by molar-refractivity contribution is 0.110. The molecule has 2 N–H and O–H groups in total. The van der Waals surface area contributed by atoms with Gasteiger partial charge in [-0.15, -0.1) is 0 Å². The highest BCUT2D eigenvalue weighted by atomic mass is 16.5. The van der Waals surface area contributed by atoms with Crippen LogP contribution in [0.15, 0.2) is 24.3 Å². The van der Waals surface area contributed by atoms with Gasteiger partial charge in [0.25, 0.3) is 0 Å². The predicted octanol–water partition coefficient (Wildman–Crippen LogP) is 4.34. The van der Waals surface area contributed by atoms with Crippen molar-refractivity contribution in [3.63, 3.8) is 0 Å². The maximum Gasteiger partial charge on any atom is 0.122 e. The molecule has 1 aromatic rings. The Labute approximate surface area is 129 Å². The van der Waals surface area contributed by atoms with Crippen LogP contribution in [-0.2, 0) is 0 Å². The lowest BCUT2D eigenvalue weighted by Crippen LogP contribution is -2.37. The zero-order chi connectivity index (χ0) is 14.9. The minimum Gasteiger partial charge on any atom is -0.493 e. The molecule has 1 aliphatic carbocycles. The fourth-order valence-corrected chi connectivity index (χ4v) is 4.33. The van der Waals surface area contributed by atoms with E-state index in [9.17, 15) is 0 Å². The first-order chi connectivity index (χ1) is 10.1. The summed E-state index contributed by atoms with van der Waals surface area (Å²) in [5.74, 6) is 3.35. The highest BCUT2D eigenvalue weighted by Gasteiger charge is 2.39. The Morgan fingerprint density at radius 3 is 2.62 bits per heavy atom. The Morgan fingerprint density at radius 1 is 1.24 bits per heavy atom. The Morgan fingerprint density at radius 2 is 1.95 bits per heavy atom. The summed E-state index contributed by atoms with van der Waals surface area (Å²) in [6.07, 6.45) is 6.50. The van der Waals surface area contributed by atoms with Gasteiger partial charge >= 0.3 is 0 Å². The number of fused-ring (bicyclic) bond motifs is 1. The topological polar surface area (TPSA) is 35.2 Å². The quantitative estimate of drug-likeness (QED) is 0.894. The number of nitrogens with two attached hydrogens (primary N) is 1. The van der Waals surface area contributed by atoms with Crippen molar-refractivity contribution < 1.29 is 4.74 Å². The maximum absolute atomic E-state index is 6.22. The maximum atomic E-state index is 6.22. The summed E-state index contributed by atoms with van der Waals surface area (Å²) < 4.78 is 5.86. The van der Waals surface area contributed by atoms with E-state index in [1.54, 1.807) is 0 Å². The van der Waals surface area contributed by atoms with E-state index in [-0.39, 0.29) is 0 Å². The smallest absolute Gasteiger partial charge is 0.122 e. The van der Waals surface area contributed by atoms with E-state index in [4.69, 9.17) is 10.5 Å². The SMILES string of the molecule is CC(C)C1CCC(CN)(CC2COc3ccccc32)CC1. The molecule has 0 spiro atoms. The molecule has 1 saturated carbocycles. The Bertz CT molecular complexity index is 474. The Hall–Kier alpha value is -1.02. The Balaban J connectivity index is 1.69. The fourth-order valence-electron chi connectivity index (χ4n) is 4.33. The largest absolute Gasteiger partial charge is 0.493 e. The number of hydrogen-bond acceptors (Lipinski definition) is 2. The average molecular weight is 287 g/mol. The van der Waals surface area contributed by atoms with Gasteiger partial charge in [-0.1, -0.05) is 32.0 Å². The Kier molecular flexibility index (Phi) is 4.26. The second kappa shape index (κ2) is 6.00. The third-order valence-electron chi connectivity index (χ3n) is 5.95. The predicted molar refractivity (Wildman–Crippen MR) is 87.6 cm³/mol. The van der Waals surface area contributed by atoms with Crippen LogP contribution in [0.3, 0.4) is 0 Å². The van der Waals surface area contributed by atoms with E-state index in [0.717, 1.165) is 30.7 Å². The summed E-state index contributed by atoms with van der Waals surface area (Å²) in [5, 5.41) is 0. The summed E-state index contributed by atoms with van der Waals surface area (Å²) >= 11 is 0. The first-order valence-electron chi connectivity index (χ1n) is 8.55. The second-order valence-corrected chi connectivity index (χ2v) is 7.54. The van der Waals surface area contributed by atoms with Crippen LogP contribution < -0.4 is 10.5 Å². The molecule has 1 fully saturated rings. The van der Waals surface area contributed by atoms with Crippen LogP contribution in [0.5, 0.6) is 5.75 Å².